The van der Waals surface area contributed by atoms with Crippen molar-refractivity contribution in [1.29, 1.82) is 0 Å². The maximum Gasteiger partial charge on any atom is 0.338 e. The monoisotopic (exact) mass is 399 g/mol. The summed E-state index contributed by atoms with van der Waals surface area (Å²) in [6.07, 6.45) is 3.06. The van der Waals surface area contributed by atoms with Gasteiger partial charge >= 0.3 is 5.97 Å². The second-order valence-corrected chi connectivity index (χ2v) is 8.38. The van der Waals surface area contributed by atoms with Crippen molar-refractivity contribution in [2.24, 2.45) is 0 Å². The van der Waals surface area contributed by atoms with Crippen molar-refractivity contribution in [2.75, 3.05) is 6.61 Å². The van der Waals surface area contributed by atoms with E-state index in [9.17, 15) is 13.2 Å². The summed E-state index contributed by atoms with van der Waals surface area (Å²) in [5, 5.41) is -0.575. The van der Waals surface area contributed by atoms with Gasteiger partial charge in [0.1, 0.15) is 0 Å². The van der Waals surface area contributed by atoms with Crippen LogP contribution in [-0.2, 0) is 19.6 Å². The highest BCUT2D eigenvalue weighted by Gasteiger charge is 2.27. The molecule has 1 aromatic carbocycles. The molecule has 7 heteroatoms. The minimum atomic E-state index is -3.48. The first-order valence-corrected chi connectivity index (χ1v) is 9.51. The van der Waals surface area contributed by atoms with E-state index < -0.39 is 21.2 Å². The van der Waals surface area contributed by atoms with E-state index in [4.69, 9.17) is 4.74 Å². The van der Waals surface area contributed by atoms with Gasteiger partial charge in [-0.25, -0.2) is 13.2 Å². The Morgan fingerprint density at radius 1 is 1.39 bits per heavy atom. The fraction of sp³-hybridized carbons (Fsp3) is 0.312. The van der Waals surface area contributed by atoms with Gasteiger partial charge in [-0.2, -0.15) is 0 Å². The molecule has 23 heavy (non-hydrogen) atoms. The highest BCUT2D eigenvalue weighted by molar-refractivity contribution is 9.10. The number of esters is 1. The molecule has 0 saturated carbocycles. The van der Waals surface area contributed by atoms with Crippen LogP contribution in [0.15, 0.2) is 34.4 Å². The van der Waals surface area contributed by atoms with Gasteiger partial charge in [0.05, 0.1) is 17.4 Å². The Morgan fingerprint density at radius 2 is 2.09 bits per heavy atom. The second kappa shape index (κ2) is 6.88. The van der Waals surface area contributed by atoms with Crippen molar-refractivity contribution >= 4 is 43.6 Å². The van der Waals surface area contributed by atoms with Gasteiger partial charge in [0, 0.05) is 21.8 Å². The molecule has 1 aliphatic rings. The lowest BCUT2D eigenvalue weighted by Gasteiger charge is -2.11. The van der Waals surface area contributed by atoms with Crippen LogP contribution in [0.5, 0.6) is 0 Å². The lowest BCUT2D eigenvalue weighted by atomic mass is 10.0. The molecule has 2 rings (SSSR count). The minimum absolute atomic E-state index is 0.249. The topological polar surface area (TPSA) is 72.5 Å². The Balaban J connectivity index is 2.49. The Bertz CT molecular complexity index is 794. The zero-order valence-electron chi connectivity index (χ0n) is 13.1. The van der Waals surface area contributed by atoms with Crippen LogP contribution >= 0.6 is 15.9 Å². The van der Waals surface area contributed by atoms with E-state index in [1.54, 1.807) is 26.8 Å². The van der Waals surface area contributed by atoms with Gasteiger partial charge < -0.3 is 4.74 Å². The number of halogens is 1. The molecule has 0 aromatic heterocycles. The molecule has 0 radical (unpaired) electrons. The van der Waals surface area contributed by atoms with Crippen LogP contribution in [0.3, 0.4) is 0 Å². The lowest BCUT2D eigenvalue weighted by Crippen LogP contribution is -2.27. The van der Waals surface area contributed by atoms with Gasteiger partial charge in [-0.3, -0.25) is 4.72 Å². The normalized spacial score (nSPS) is 15.5. The predicted molar refractivity (Wildman–Crippen MR) is 93.9 cm³/mol. The number of nitrogens with one attached hydrogen (secondary N) is 1. The van der Waals surface area contributed by atoms with E-state index in [0.29, 0.717) is 11.1 Å². The molecule has 0 atom stereocenters. The Morgan fingerprint density at radius 3 is 2.70 bits per heavy atom. The third-order valence-corrected chi connectivity index (χ3v) is 5.74. The molecule has 124 valence electrons. The average Bonchev–Trinajstić information content (AvgIpc) is 2.85. The van der Waals surface area contributed by atoms with Crippen molar-refractivity contribution in [3.05, 3.63) is 45.6 Å². The number of carbonyl (C=O) groups excluding carboxylic acids is 1. The molecule has 0 spiro atoms. The number of sulfonamides is 1. The fourth-order valence-corrected chi connectivity index (χ4v) is 3.27. The van der Waals surface area contributed by atoms with E-state index >= 15 is 0 Å². The van der Waals surface area contributed by atoms with E-state index in [1.807, 2.05) is 18.2 Å². The molecule has 1 N–H and O–H groups in total. The van der Waals surface area contributed by atoms with Gasteiger partial charge in [-0.05, 0) is 38.5 Å². The quantitative estimate of drug-likeness (QED) is 0.772. The molecule has 0 saturated heterocycles. The molecule has 0 amide bonds. The van der Waals surface area contributed by atoms with Crippen LogP contribution in [0.4, 0.5) is 0 Å². The number of fused-ring (bicyclic) bond motifs is 1. The van der Waals surface area contributed by atoms with Gasteiger partial charge in [-0.15, -0.1) is 0 Å². The zero-order chi connectivity index (χ0) is 17.2. The second-order valence-electron chi connectivity index (χ2n) is 5.25. The first-order chi connectivity index (χ1) is 10.8. The van der Waals surface area contributed by atoms with Crippen molar-refractivity contribution in [3.63, 3.8) is 0 Å². The van der Waals surface area contributed by atoms with Crippen molar-refractivity contribution in [1.82, 2.24) is 4.72 Å². The summed E-state index contributed by atoms with van der Waals surface area (Å²) in [6, 6.07) is 5.55. The van der Waals surface area contributed by atoms with Crippen LogP contribution in [0.1, 0.15) is 31.9 Å². The molecule has 5 nitrogen and oxygen atoms in total. The number of hydrogen-bond donors (Lipinski definition) is 1. The largest absolute Gasteiger partial charge is 0.462 e. The molecular weight excluding hydrogens is 382 g/mol. The van der Waals surface area contributed by atoms with Crippen LogP contribution in [-0.4, -0.2) is 26.2 Å². The number of hydrogen-bond acceptors (Lipinski definition) is 4. The number of carbonyl (C=O) groups is 1. The number of benzene rings is 1. The van der Waals surface area contributed by atoms with Crippen LogP contribution in [0, 0.1) is 0 Å². The summed E-state index contributed by atoms with van der Waals surface area (Å²) >= 11 is 3.45. The summed E-state index contributed by atoms with van der Waals surface area (Å²) in [4.78, 5) is 12.2. The molecule has 1 aromatic rings. The summed E-state index contributed by atoms with van der Waals surface area (Å²) in [5.41, 5.74) is 2.43. The molecule has 0 unspecified atom stereocenters. The SMILES string of the molecule is CCOC(=O)C1=Cc2cccc(Br)c2/C1=C\NS(=O)(=O)C(C)C. The molecule has 0 bridgehead atoms. The van der Waals surface area contributed by atoms with E-state index in [-0.39, 0.29) is 6.61 Å². The summed E-state index contributed by atoms with van der Waals surface area (Å²) in [7, 11) is -3.48. The molecule has 0 heterocycles. The average molecular weight is 400 g/mol. The number of rotatable bonds is 5. The first kappa shape index (κ1) is 17.7. The van der Waals surface area contributed by atoms with E-state index in [0.717, 1.165) is 15.6 Å². The van der Waals surface area contributed by atoms with Crippen molar-refractivity contribution in [2.45, 2.75) is 26.0 Å². The van der Waals surface area contributed by atoms with Crippen LogP contribution in [0.25, 0.3) is 11.6 Å². The van der Waals surface area contributed by atoms with E-state index in [2.05, 4.69) is 20.7 Å². The molecule has 0 aliphatic heterocycles. The predicted octanol–water partition coefficient (Wildman–Crippen LogP) is 3.08. The number of ether oxygens (including phenoxy) is 1. The third kappa shape index (κ3) is 3.67. The summed E-state index contributed by atoms with van der Waals surface area (Å²) < 4.78 is 32.2. The Hall–Kier alpha value is -1.60. The highest BCUT2D eigenvalue weighted by Crippen LogP contribution is 2.40. The van der Waals surface area contributed by atoms with Gasteiger partial charge in [-0.1, -0.05) is 28.1 Å². The van der Waals surface area contributed by atoms with Crippen LogP contribution in [0.2, 0.25) is 0 Å². The minimum Gasteiger partial charge on any atom is -0.462 e. The first-order valence-electron chi connectivity index (χ1n) is 7.17. The van der Waals surface area contributed by atoms with Crippen molar-refractivity contribution < 1.29 is 17.9 Å². The van der Waals surface area contributed by atoms with E-state index in [1.165, 1.54) is 6.20 Å². The third-order valence-electron chi connectivity index (χ3n) is 3.39. The standard InChI is InChI=1S/C16H18BrNO4S/c1-4-22-16(19)12-8-11-6-5-7-14(17)15(11)13(12)9-18-23(20,21)10(2)3/h5-10,18H,4H2,1-3H3/b13-9-. The Kier molecular flexibility index (Phi) is 5.31. The zero-order valence-corrected chi connectivity index (χ0v) is 15.5. The molecular formula is C16H18BrNO4S. The maximum absolute atomic E-state index is 12.2. The van der Waals surface area contributed by atoms with Gasteiger partial charge in [0.2, 0.25) is 10.0 Å². The maximum atomic E-state index is 12.2. The summed E-state index contributed by atoms with van der Waals surface area (Å²) in [6.45, 7) is 5.14. The van der Waals surface area contributed by atoms with Gasteiger partial charge in [0.15, 0.2) is 0 Å². The van der Waals surface area contributed by atoms with Crippen molar-refractivity contribution in [3.8, 4) is 0 Å². The smallest absolute Gasteiger partial charge is 0.338 e. The Labute approximate surface area is 144 Å². The lowest BCUT2D eigenvalue weighted by molar-refractivity contribution is -0.137. The van der Waals surface area contributed by atoms with Crippen LogP contribution < -0.4 is 4.72 Å². The highest BCUT2D eigenvalue weighted by atomic mass is 79.9. The summed E-state index contributed by atoms with van der Waals surface area (Å²) in [5.74, 6) is -0.481. The van der Waals surface area contributed by atoms with Gasteiger partial charge in [0.25, 0.3) is 0 Å². The fourth-order valence-electron chi connectivity index (χ4n) is 2.12. The molecule has 1 aliphatic carbocycles. The molecule has 0 fully saturated rings.